The number of carbonyl (C=O) groups is 2. The first-order valence-corrected chi connectivity index (χ1v) is 11.0. The zero-order valence-corrected chi connectivity index (χ0v) is 17.3. The van der Waals surface area contributed by atoms with Crippen molar-refractivity contribution in [2.45, 2.75) is 57.4 Å². The number of rotatable bonds is 5. The van der Waals surface area contributed by atoms with Crippen LogP contribution in [-0.4, -0.2) is 54.0 Å². The summed E-state index contributed by atoms with van der Waals surface area (Å²) in [5.74, 6) is -0.298. The van der Waals surface area contributed by atoms with Crippen LogP contribution in [-0.2, 0) is 9.53 Å². The third kappa shape index (κ3) is 4.27. The molecule has 2 atom stereocenters. The monoisotopic (exact) mass is 415 g/mol. The van der Waals surface area contributed by atoms with E-state index in [4.69, 9.17) is 4.74 Å². The molecule has 1 amide bonds. The number of benzene rings is 1. The SMILES string of the molecule is O=C(OCC(=O)N1CCC[C@@H]2CCCC[C@@H]21)c1ccc(N2CCCC2)c([N+](=O)[O-])c1. The molecule has 0 spiro atoms. The van der Waals surface area contributed by atoms with Crippen LogP contribution in [0.5, 0.6) is 0 Å². The smallest absolute Gasteiger partial charge is 0.338 e. The molecule has 162 valence electrons. The quantitative estimate of drug-likeness (QED) is 0.415. The van der Waals surface area contributed by atoms with Gasteiger partial charge in [0.15, 0.2) is 6.61 Å². The van der Waals surface area contributed by atoms with E-state index in [9.17, 15) is 19.7 Å². The molecular weight excluding hydrogens is 386 g/mol. The van der Waals surface area contributed by atoms with Gasteiger partial charge in [-0.1, -0.05) is 12.8 Å². The number of carbonyl (C=O) groups excluding carboxylic acids is 2. The normalized spacial score (nSPS) is 23.7. The fraction of sp³-hybridized carbons (Fsp3) is 0.636. The van der Waals surface area contributed by atoms with Gasteiger partial charge in [0.05, 0.1) is 10.5 Å². The molecule has 2 saturated heterocycles. The van der Waals surface area contributed by atoms with E-state index < -0.39 is 10.9 Å². The van der Waals surface area contributed by atoms with E-state index in [-0.39, 0.29) is 29.8 Å². The van der Waals surface area contributed by atoms with Crippen LogP contribution < -0.4 is 4.90 Å². The van der Waals surface area contributed by atoms with Gasteiger partial charge in [0, 0.05) is 31.7 Å². The molecule has 2 aliphatic heterocycles. The fourth-order valence-electron chi connectivity index (χ4n) is 5.25. The second-order valence-electron chi connectivity index (χ2n) is 8.57. The molecule has 1 aromatic carbocycles. The summed E-state index contributed by atoms with van der Waals surface area (Å²) >= 11 is 0. The summed E-state index contributed by atoms with van der Waals surface area (Å²) in [5.41, 5.74) is 0.534. The van der Waals surface area contributed by atoms with E-state index in [0.717, 1.165) is 45.2 Å². The number of anilines is 1. The Balaban J connectivity index is 1.40. The predicted octanol–water partition coefficient (Wildman–Crippen LogP) is 3.53. The van der Waals surface area contributed by atoms with Gasteiger partial charge < -0.3 is 14.5 Å². The minimum absolute atomic E-state index is 0.0984. The molecule has 4 rings (SSSR count). The third-order valence-corrected chi connectivity index (χ3v) is 6.74. The third-order valence-electron chi connectivity index (χ3n) is 6.74. The van der Waals surface area contributed by atoms with E-state index in [2.05, 4.69) is 0 Å². The Morgan fingerprint density at radius 3 is 2.53 bits per heavy atom. The second kappa shape index (κ2) is 9.02. The molecule has 1 saturated carbocycles. The lowest BCUT2D eigenvalue weighted by Gasteiger charge is -2.44. The summed E-state index contributed by atoms with van der Waals surface area (Å²) in [4.78, 5) is 40.1. The number of hydrogen-bond donors (Lipinski definition) is 0. The van der Waals surface area contributed by atoms with Gasteiger partial charge in [0.1, 0.15) is 5.69 Å². The van der Waals surface area contributed by atoms with Crippen LogP contribution in [0, 0.1) is 16.0 Å². The Bertz CT molecular complexity index is 819. The first kappa shape index (κ1) is 20.6. The lowest BCUT2D eigenvalue weighted by Crippen LogP contribution is -2.50. The molecule has 3 aliphatic rings. The molecule has 3 fully saturated rings. The number of nitro benzene ring substituents is 1. The van der Waals surface area contributed by atoms with E-state index >= 15 is 0 Å². The highest BCUT2D eigenvalue weighted by molar-refractivity contribution is 5.93. The first-order chi connectivity index (χ1) is 14.5. The van der Waals surface area contributed by atoms with Gasteiger partial charge in [0.2, 0.25) is 0 Å². The topological polar surface area (TPSA) is 93.0 Å². The van der Waals surface area contributed by atoms with Crippen molar-refractivity contribution in [3.63, 3.8) is 0 Å². The summed E-state index contributed by atoms with van der Waals surface area (Å²) in [6.07, 6.45) is 8.72. The average Bonchev–Trinajstić information content (AvgIpc) is 3.31. The number of fused-ring (bicyclic) bond motifs is 1. The average molecular weight is 415 g/mol. The van der Waals surface area contributed by atoms with E-state index in [1.54, 1.807) is 12.1 Å². The van der Waals surface area contributed by atoms with Crippen molar-refractivity contribution in [2.75, 3.05) is 31.1 Å². The van der Waals surface area contributed by atoms with E-state index in [0.29, 0.717) is 18.2 Å². The maximum Gasteiger partial charge on any atom is 0.338 e. The number of amides is 1. The highest BCUT2D eigenvalue weighted by Crippen LogP contribution is 2.35. The Morgan fingerprint density at radius 1 is 1.03 bits per heavy atom. The molecule has 30 heavy (non-hydrogen) atoms. The maximum atomic E-state index is 12.7. The summed E-state index contributed by atoms with van der Waals surface area (Å²) < 4.78 is 5.26. The molecule has 0 bridgehead atoms. The molecule has 0 N–H and O–H groups in total. The largest absolute Gasteiger partial charge is 0.452 e. The minimum atomic E-state index is -0.698. The molecular formula is C22H29N3O5. The molecule has 8 heteroatoms. The van der Waals surface area contributed by atoms with Crippen molar-refractivity contribution in [3.05, 3.63) is 33.9 Å². The number of piperidine rings is 1. The van der Waals surface area contributed by atoms with Crippen molar-refractivity contribution in [1.29, 1.82) is 0 Å². The number of nitrogens with zero attached hydrogens (tertiary/aromatic N) is 3. The molecule has 1 aromatic rings. The molecule has 1 aliphatic carbocycles. The molecule has 0 aromatic heterocycles. The van der Waals surface area contributed by atoms with Crippen LogP contribution in [0.4, 0.5) is 11.4 Å². The first-order valence-electron chi connectivity index (χ1n) is 11.0. The summed E-state index contributed by atoms with van der Waals surface area (Å²) in [6, 6.07) is 4.68. The maximum absolute atomic E-state index is 12.7. The minimum Gasteiger partial charge on any atom is -0.452 e. The highest BCUT2D eigenvalue weighted by Gasteiger charge is 2.36. The van der Waals surface area contributed by atoms with Gasteiger partial charge >= 0.3 is 5.97 Å². The lowest BCUT2D eigenvalue weighted by molar-refractivity contribution is -0.384. The van der Waals surface area contributed by atoms with Gasteiger partial charge in [-0.2, -0.15) is 0 Å². The number of ether oxygens (including phenoxy) is 1. The highest BCUT2D eigenvalue weighted by atomic mass is 16.6. The van der Waals surface area contributed by atoms with Crippen LogP contribution in [0.2, 0.25) is 0 Å². The Hall–Kier alpha value is -2.64. The van der Waals surface area contributed by atoms with E-state index in [1.165, 1.54) is 25.3 Å². The molecule has 2 heterocycles. The van der Waals surface area contributed by atoms with Gasteiger partial charge in [-0.3, -0.25) is 14.9 Å². The van der Waals surface area contributed by atoms with Crippen LogP contribution in [0.1, 0.15) is 61.7 Å². The lowest BCUT2D eigenvalue weighted by atomic mass is 9.78. The molecule has 8 nitrogen and oxygen atoms in total. The van der Waals surface area contributed by atoms with Crippen molar-refractivity contribution >= 4 is 23.3 Å². The zero-order valence-electron chi connectivity index (χ0n) is 17.3. The summed E-state index contributed by atoms with van der Waals surface area (Å²) in [6.45, 7) is 1.95. The van der Waals surface area contributed by atoms with Gasteiger partial charge in [-0.25, -0.2) is 4.79 Å². The predicted molar refractivity (Wildman–Crippen MR) is 112 cm³/mol. The Kier molecular flexibility index (Phi) is 6.20. The number of esters is 1. The molecule has 0 radical (unpaired) electrons. The fourth-order valence-corrected chi connectivity index (χ4v) is 5.25. The zero-order chi connectivity index (χ0) is 21.1. The van der Waals surface area contributed by atoms with Crippen molar-refractivity contribution in [2.24, 2.45) is 5.92 Å². The number of hydrogen-bond acceptors (Lipinski definition) is 6. The van der Waals surface area contributed by atoms with Crippen LogP contribution in [0.15, 0.2) is 18.2 Å². The van der Waals surface area contributed by atoms with Gasteiger partial charge in [0.25, 0.3) is 11.6 Å². The van der Waals surface area contributed by atoms with Crippen molar-refractivity contribution < 1.29 is 19.2 Å². The standard InChI is InChI=1S/C22H29N3O5/c26-21(24-13-5-7-16-6-1-2-8-18(16)24)15-30-22(27)17-9-10-19(20(14-17)25(28)29)23-11-3-4-12-23/h9-10,14,16,18H,1-8,11-13,15H2/t16-,18-/m0/s1. The van der Waals surface area contributed by atoms with Gasteiger partial charge in [-0.05, 0) is 56.6 Å². The summed E-state index contributed by atoms with van der Waals surface area (Å²) in [5, 5.41) is 11.5. The molecule has 0 unspecified atom stereocenters. The number of likely N-dealkylation sites (tertiary alicyclic amines) is 1. The summed E-state index contributed by atoms with van der Waals surface area (Å²) in [7, 11) is 0. The Labute approximate surface area is 176 Å². The van der Waals surface area contributed by atoms with Crippen LogP contribution in [0.3, 0.4) is 0 Å². The van der Waals surface area contributed by atoms with Crippen LogP contribution in [0.25, 0.3) is 0 Å². The van der Waals surface area contributed by atoms with Crippen molar-refractivity contribution in [1.82, 2.24) is 4.90 Å². The van der Waals surface area contributed by atoms with Crippen molar-refractivity contribution in [3.8, 4) is 0 Å². The number of nitro groups is 1. The van der Waals surface area contributed by atoms with Gasteiger partial charge in [-0.15, -0.1) is 0 Å². The second-order valence-corrected chi connectivity index (χ2v) is 8.57. The van der Waals surface area contributed by atoms with E-state index in [1.807, 2.05) is 9.80 Å². The van der Waals surface area contributed by atoms with Crippen LogP contribution >= 0.6 is 0 Å². The Morgan fingerprint density at radius 2 is 1.77 bits per heavy atom.